The molecule has 14 heavy (non-hydrogen) atoms. The van der Waals surface area contributed by atoms with Crippen LogP contribution >= 0.6 is 15.9 Å². The Labute approximate surface area is 91.8 Å². The van der Waals surface area contributed by atoms with Crippen LogP contribution in [0.15, 0.2) is 28.7 Å². The van der Waals surface area contributed by atoms with Gasteiger partial charge in [0.15, 0.2) is 0 Å². The molecule has 0 aliphatic carbocycles. The van der Waals surface area contributed by atoms with Gasteiger partial charge in [0.1, 0.15) is 0 Å². The van der Waals surface area contributed by atoms with E-state index in [2.05, 4.69) is 51.4 Å². The van der Waals surface area contributed by atoms with Crippen molar-refractivity contribution in [1.82, 2.24) is 10.3 Å². The number of aromatic nitrogens is 1. The second-order valence-electron chi connectivity index (χ2n) is 3.47. The summed E-state index contributed by atoms with van der Waals surface area (Å²) in [7, 11) is 1.96. The molecule has 0 bridgehead atoms. The van der Waals surface area contributed by atoms with Crippen LogP contribution in [0.4, 0.5) is 0 Å². The van der Waals surface area contributed by atoms with Gasteiger partial charge in [0, 0.05) is 27.1 Å². The van der Waals surface area contributed by atoms with Crippen LogP contribution in [0.3, 0.4) is 0 Å². The van der Waals surface area contributed by atoms with Crippen molar-refractivity contribution in [2.45, 2.75) is 13.0 Å². The van der Waals surface area contributed by atoms with Crippen molar-refractivity contribution >= 4 is 26.8 Å². The summed E-state index contributed by atoms with van der Waals surface area (Å²) >= 11 is 3.47. The fraction of sp³-hybridized carbons (Fsp3) is 0.273. The maximum absolute atomic E-state index is 3.47. The first-order valence-corrected chi connectivity index (χ1v) is 5.45. The fourth-order valence-corrected chi connectivity index (χ4v) is 1.89. The van der Waals surface area contributed by atoms with Gasteiger partial charge in [0.05, 0.1) is 0 Å². The number of halogens is 1. The molecule has 1 heterocycles. The topological polar surface area (TPSA) is 27.8 Å². The highest BCUT2D eigenvalue weighted by atomic mass is 79.9. The molecule has 0 radical (unpaired) electrons. The first kappa shape index (κ1) is 9.74. The van der Waals surface area contributed by atoms with Gasteiger partial charge >= 0.3 is 0 Å². The quantitative estimate of drug-likeness (QED) is 0.845. The van der Waals surface area contributed by atoms with Crippen molar-refractivity contribution in [1.29, 1.82) is 0 Å². The fourth-order valence-electron chi connectivity index (χ4n) is 1.51. The zero-order valence-electron chi connectivity index (χ0n) is 8.26. The molecule has 3 heteroatoms. The molecule has 0 amide bonds. The van der Waals surface area contributed by atoms with Crippen molar-refractivity contribution in [2.75, 3.05) is 7.05 Å². The molecule has 2 nitrogen and oxygen atoms in total. The number of H-pyrrole nitrogens is 1. The minimum atomic E-state index is 0.362. The zero-order chi connectivity index (χ0) is 10.1. The molecule has 1 unspecified atom stereocenters. The van der Waals surface area contributed by atoms with E-state index in [1.54, 1.807) is 0 Å². The number of fused-ring (bicyclic) bond motifs is 1. The predicted molar refractivity (Wildman–Crippen MR) is 63.5 cm³/mol. The van der Waals surface area contributed by atoms with Crippen LogP contribution < -0.4 is 5.32 Å². The Kier molecular flexibility index (Phi) is 2.61. The maximum Gasteiger partial charge on any atom is 0.0457 e. The summed E-state index contributed by atoms with van der Waals surface area (Å²) in [5.41, 5.74) is 2.41. The van der Waals surface area contributed by atoms with Crippen molar-refractivity contribution in [3.63, 3.8) is 0 Å². The maximum atomic E-state index is 3.47. The molecule has 0 fully saturated rings. The molecule has 74 valence electrons. The Balaban J connectivity index is 2.51. The van der Waals surface area contributed by atoms with Gasteiger partial charge in [0.2, 0.25) is 0 Å². The van der Waals surface area contributed by atoms with Gasteiger partial charge in [-0.3, -0.25) is 0 Å². The molecule has 2 aromatic rings. The van der Waals surface area contributed by atoms with Crippen molar-refractivity contribution < 1.29 is 0 Å². The molecular formula is C11H13BrN2. The van der Waals surface area contributed by atoms with E-state index in [4.69, 9.17) is 0 Å². The van der Waals surface area contributed by atoms with Gasteiger partial charge in [0.25, 0.3) is 0 Å². The van der Waals surface area contributed by atoms with Crippen LogP contribution in [0.1, 0.15) is 18.7 Å². The zero-order valence-corrected chi connectivity index (χ0v) is 9.85. The van der Waals surface area contributed by atoms with Crippen LogP contribution in [0.5, 0.6) is 0 Å². The number of hydrogen-bond acceptors (Lipinski definition) is 1. The summed E-state index contributed by atoms with van der Waals surface area (Å²) in [5, 5.41) is 4.46. The summed E-state index contributed by atoms with van der Waals surface area (Å²) in [6, 6.07) is 8.80. The Morgan fingerprint density at radius 1 is 1.36 bits per heavy atom. The molecular weight excluding hydrogens is 240 g/mol. The molecule has 2 N–H and O–H groups in total. The lowest BCUT2D eigenvalue weighted by Gasteiger charge is -2.05. The highest BCUT2D eigenvalue weighted by Crippen LogP contribution is 2.22. The number of hydrogen-bond donors (Lipinski definition) is 2. The van der Waals surface area contributed by atoms with Crippen molar-refractivity contribution in [3.05, 3.63) is 34.4 Å². The largest absolute Gasteiger partial charge is 0.357 e. The molecule has 0 aliphatic rings. The SMILES string of the molecule is CNC(C)c1cc2cc(Br)ccc2[nH]1. The van der Waals surface area contributed by atoms with Crippen LogP contribution in [-0.2, 0) is 0 Å². The molecule has 2 rings (SSSR count). The highest BCUT2D eigenvalue weighted by molar-refractivity contribution is 9.10. The van der Waals surface area contributed by atoms with Gasteiger partial charge in [-0.1, -0.05) is 15.9 Å². The van der Waals surface area contributed by atoms with Crippen LogP contribution in [0, 0.1) is 0 Å². The molecule has 0 spiro atoms. The third kappa shape index (κ3) is 1.70. The van der Waals surface area contributed by atoms with Gasteiger partial charge < -0.3 is 10.3 Å². The molecule has 0 saturated carbocycles. The van der Waals surface area contributed by atoms with Gasteiger partial charge in [-0.25, -0.2) is 0 Å². The lowest BCUT2D eigenvalue weighted by molar-refractivity contribution is 0.638. The number of nitrogens with one attached hydrogen (secondary N) is 2. The molecule has 1 atom stereocenters. The van der Waals surface area contributed by atoms with Gasteiger partial charge in [-0.2, -0.15) is 0 Å². The van der Waals surface area contributed by atoms with Crippen LogP contribution in [0.25, 0.3) is 10.9 Å². The van der Waals surface area contributed by atoms with E-state index in [0.717, 1.165) is 4.47 Å². The van der Waals surface area contributed by atoms with E-state index in [1.807, 2.05) is 13.1 Å². The average molecular weight is 253 g/mol. The second kappa shape index (κ2) is 3.75. The normalized spacial score (nSPS) is 13.4. The number of benzene rings is 1. The minimum Gasteiger partial charge on any atom is -0.357 e. The van der Waals surface area contributed by atoms with Gasteiger partial charge in [-0.15, -0.1) is 0 Å². The molecule has 1 aromatic heterocycles. The lowest BCUT2D eigenvalue weighted by atomic mass is 10.2. The Bertz CT molecular complexity index is 447. The third-order valence-electron chi connectivity index (χ3n) is 2.50. The first-order chi connectivity index (χ1) is 6.70. The van der Waals surface area contributed by atoms with E-state index in [1.165, 1.54) is 16.6 Å². The minimum absolute atomic E-state index is 0.362. The van der Waals surface area contributed by atoms with E-state index >= 15 is 0 Å². The smallest absolute Gasteiger partial charge is 0.0457 e. The second-order valence-corrected chi connectivity index (χ2v) is 4.38. The van der Waals surface area contributed by atoms with Crippen molar-refractivity contribution in [3.8, 4) is 0 Å². The Hall–Kier alpha value is -0.800. The monoisotopic (exact) mass is 252 g/mol. The van der Waals surface area contributed by atoms with Crippen molar-refractivity contribution in [2.24, 2.45) is 0 Å². The highest BCUT2D eigenvalue weighted by Gasteiger charge is 2.06. The van der Waals surface area contributed by atoms with E-state index in [9.17, 15) is 0 Å². The number of aromatic amines is 1. The van der Waals surface area contributed by atoms with E-state index < -0.39 is 0 Å². The molecule has 0 aliphatic heterocycles. The van der Waals surface area contributed by atoms with E-state index in [-0.39, 0.29) is 0 Å². The summed E-state index contributed by atoms with van der Waals surface area (Å²) in [4.78, 5) is 3.39. The summed E-state index contributed by atoms with van der Waals surface area (Å²) in [5.74, 6) is 0. The first-order valence-electron chi connectivity index (χ1n) is 4.66. The lowest BCUT2D eigenvalue weighted by Crippen LogP contribution is -2.12. The molecule has 0 saturated heterocycles. The summed E-state index contributed by atoms with van der Waals surface area (Å²) < 4.78 is 1.12. The summed E-state index contributed by atoms with van der Waals surface area (Å²) in [6.07, 6.45) is 0. The van der Waals surface area contributed by atoms with E-state index in [0.29, 0.717) is 6.04 Å². The van der Waals surface area contributed by atoms with Crippen LogP contribution in [-0.4, -0.2) is 12.0 Å². The van der Waals surface area contributed by atoms with Gasteiger partial charge in [-0.05, 0) is 38.2 Å². The average Bonchev–Trinajstić information content (AvgIpc) is 2.59. The predicted octanol–water partition coefficient (Wildman–Crippen LogP) is 3.21. The third-order valence-corrected chi connectivity index (χ3v) is 3.00. The molecule has 1 aromatic carbocycles. The Morgan fingerprint density at radius 3 is 2.86 bits per heavy atom. The number of rotatable bonds is 2. The standard InChI is InChI=1S/C11H13BrN2/c1-7(13-2)11-6-8-5-9(12)3-4-10(8)14-11/h3-7,13-14H,1-2H3. The van der Waals surface area contributed by atoms with Crippen LogP contribution in [0.2, 0.25) is 0 Å². The Morgan fingerprint density at radius 2 is 2.14 bits per heavy atom. The summed E-state index contributed by atoms with van der Waals surface area (Å²) in [6.45, 7) is 2.14.